The monoisotopic (exact) mass is 320 g/mol. The van der Waals surface area contributed by atoms with Crippen LogP contribution in [0.5, 0.6) is 0 Å². The third kappa shape index (κ3) is 6.22. The molecule has 0 N–H and O–H groups in total. The lowest BCUT2D eigenvalue weighted by molar-refractivity contribution is -0.159. The van der Waals surface area contributed by atoms with Crippen molar-refractivity contribution in [1.29, 1.82) is 0 Å². The molecule has 0 radical (unpaired) electrons. The number of esters is 2. The quantitative estimate of drug-likeness (QED) is 0.552. The summed E-state index contributed by atoms with van der Waals surface area (Å²) in [7, 11) is 0. The molecule has 0 aromatic rings. The Bertz CT molecular complexity index is 374. The highest BCUT2D eigenvalue weighted by molar-refractivity contribution is 8.22. The molecule has 0 amide bonds. The SMILES string of the molecule is CCC(C)(C(=O)OCCC(=O)OC(C)(C)C)C(=S)SC. The second kappa shape index (κ2) is 7.98. The lowest BCUT2D eigenvalue weighted by Gasteiger charge is -2.25. The molecule has 0 aliphatic carbocycles. The summed E-state index contributed by atoms with van der Waals surface area (Å²) in [5.74, 6) is -0.765. The van der Waals surface area contributed by atoms with Gasteiger partial charge in [-0.15, -0.1) is 11.8 Å². The Balaban J connectivity index is 4.35. The standard InChI is InChI=1S/C14H24O4S2/c1-7-14(5,12(19)20-6)11(16)17-9-8-10(15)18-13(2,3)4/h7-9H2,1-6H3. The van der Waals surface area contributed by atoms with Crippen LogP contribution in [0.1, 0.15) is 47.5 Å². The number of hydrogen-bond acceptors (Lipinski definition) is 6. The zero-order valence-corrected chi connectivity index (χ0v) is 14.7. The first-order chi connectivity index (χ1) is 9.06. The molecule has 6 heteroatoms. The van der Waals surface area contributed by atoms with Crippen LogP contribution in [0.15, 0.2) is 0 Å². The van der Waals surface area contributed by atoms with Gasteiger partial charge in [-0.25, -0.2) is 0 Å². The number of hydrogen-bond donors (Lipinski definition) is 0. The van der Waals surface area contributed by atoms with Gasteiger partial charge in [0.1, 0.15) is 17.6 Å². The van der Waals surface area contributed by atoms with Crippen molar-refractivity contribution < 1.29 is 19.1 Å². The summed E-state index contributed by atoms with van der Waals surface area (Å²) in [6, 6.07) is 0. The maximum atomic E-state index is 12.1. The first kappa shape index (κ1) is 19.4. The summed E-state index contributed by atoms with van der Waals surface area (Å²) in [5.41, 5.74) is -1.32. The van der Waals surface area contributed by atoms with Crippen molar-refractivity contribution >= 4 is 40.1 Å². The highest BCUT2D eigenvalue weighted by Crippen LogP contribution is 2.30. The van der Waals surface area contributed by atoms with Gasteiger partial charge in [-0.3, -0.25) is 9.59 Å². The van der Waals surface area contributed by atoms with Crippen LogP contribution in [-0.2, 0) is 19.1 Å². The van der Waals surface area contributed by atoms with E-state index < -0.39 is 11.0 Å². The van der Waals surface area contributed by atoms with Crippen LogP contribution in [0.2, 0.25) is 0 Å². The summed E-state index contributed by atoms with van der Waals surface area (Å²) in [5, 5.41) is 0. The van der Waals surface area contributed by atoms with Gasteiger partial charge in [0.15, 0.2) is 0 Å². The molecular weight excluding hydrogens is 296 g/mol. The maximum absolute atomic E-state index is 12.1. The van der Waals surface area contributed by atoms with E-state index in [0.717, 1.165) is 0 Å². The van der Waals surface area contributed by atoms with Crippen LogP contribution in [0.3, 0.4) is 0 Å². The smallest absolute Gasteiger partial charge is 0.317 e. The second-order valence-corrected chi connectivity index (χ2v) is 7.13. The Morgan fingerprint density at radius 3 is 2.15 bits per heavy atom. The summed E-state index contributed by atoms with van der Waals surface area (Å²) >= 11 is 6.58. The molecule has 1 unspecified atom stereocenters. The Kier molecular flexibility index (Phi) is 7.73. The van der Waals surface area contributed by atoms with E-state index in [2.05, 4.69) is 0 Å². The number of thiocarbonyl (C=S) groups is 1. The third-order valence-corrected chi connectivity index (χ3v) is 4.52. The van der Waals surface area contributed by atoms with Gasteiger partial charge >= 0.3 is 11.9 Å². The van der Waals surface area contributed by atoms with Gasteiger partial charge < -0.3 is 9.47 Å². The zero-order chi connectivity index (χ0) is 16.0. The lowest BCUT2D eigenvalue weighted by atomic mass is 9.90. The minimum Gasteiger partial charge on any atom is -0.464 e. The van der Waals surface area contributed by atoms with E-state index in [0.29, 0.717) is 10.6 Å². The molecule has 0 saturated carbocycles. The van der Waals surface area contributed by atoms with Gasteiger partial charge in [0.05, 0.1) is 10.6 Å². The molecule has 0 fully saturated rings. The molecule has 0 aromatic carbocycles. The first-order valence-corrected chi connectivity index (χ1v) is 8.17. The molecule has 0 bridgehead atoms. The topological polar surface area (TPSA) is 52.6 Å². The van der Waals surface area contributed by atoms with E-state index in [1.165, 1.54) is 11.8 Å². The molecule has 1 atom stereocenters. The van der Waals surface area contributed by atoms with Gasteiger partial charge in [0.2, 0.25) is 0 Å². The van der Waals surface area contributed by atoms with Gasteiger partial charge in [-0.1, -0.05) is 19.1 Å². The zero-order valence-electron chi connectivity index (χ0n) is 13.1. The Labute approximate surface area is 131 Å². The van der Waals surface area contributed by atoms with Gasteiger partial charge in [-0.05, 0) is 40.4 Å². The second-order valence-electron chi connectivity index (χ2n) is 5.65. The van der Waals surface area contributed by atoms with Crippen molar-refractivity contribution in [2.45, 2.75) is 53.1 Å². The third-order valence-electron chi connectivity index (χ3n) is 2.75. The number of rotatable bonds is 6. The Morgan fingerprint density at radius 1 is 1.20 bits per heavy atom. The molecule has 0 heterocycles. The predicted octanol–water partition coefficient (Wildman–Crippen LogP) is 3.37. The van der Waals surface area contributed by atoms with Crippen molar-refractivity contribution in [1.82, 2.24) is 0 Å². The fourth-order valence-electron chi connectivity index (χ4n) is 1.38. The van der Waals surface area contributed by atoms with Crippen LogP contribution in [0.25, 0.3) is 0 Å². The van der Waals surface area contributed by atoms with E-state index in [1.54, 1.807) is 27.7 Å². The van der Waals surface area contributed by atoms with Gasteiger partial charge in [0, 0.05) is 0 Å². The molecule has 20 heavy (non-hydrogen) atoms. The first-order valence-electron chi connectivity index (χ1n) is 6.54. The largest absolute Gasteiger partial charge is 0.464 e. The summed E-state index contributed by atoms with van der Waals surface area (Å²) < 4.78 is 10.9. The molecule has 0 aliphatic rings. The molecule has 0 rings (SSSR count). The minimum absolute atomic E-state index is 0.0142. The van der Waals surface area contributed by atoms with E-state index in [4.69, 9.17) is 21.7 Å². The molecule has 4 nitrogen and oxygen atoms in total. The molecular formula is C14H24O4S2. The van der Waals surface area contributed by atoms with Crippen molar-refractivity contribution in [3.63, 3.8) is 0 Å². The molecule has 0 spiro atoms. The summed E-state index contributed by atoms with van der Waals surface area (Å²) in [6.07, 6.45) is 2.46. The number of carbonyl (C=O) groups is 2. The van der Waals surface area contributed by atoms with Crippen LogP contribution >= 0.6 is 24.0 Å². The fraction of sp³-hybridized carbons (Fsp3) is 0.786. The molecule has 116 valence electrons. The van der Waals surface area contributed by atoms with Crippen LogP contribution in [0.4, 0.5) is 0 Å². The summed E-state index contributed by atoms with van der Waals surface area (Å²) in [6.45, 7) is 9.05. The highest BCUT2D eigenvalue weighted by Gasteiger charge is 2.37. The number of carbonyl (C=O) groups excluding carboxylic acids is 2. The van der Waals surface area contributed by atoms with Crippen molar-refractivity contribution in [3.05, 3.63) is 0 Å². The number of ether oxygens (including phenoxy) is 2. The fourth-order valence-corrected chi connectivity index (χ4v) is 2.28. The van der Waals surface area contributed by atoms with Gasteiger partial charge in [0.25, 0.3) is 0 Å². The average molecular weight is 320 g/mol. The van der Waals surface area contributed by atoms with Gasteiger partial charge in [-0.2, -0.15) is 0 Å². The van der Waals surface area contributed by atoms with E-state index in [1.807, 2.05) is 13.2 Å². The summed E-state index contributed by atoms with van der Waals surface area (Å²) in [4.78, 5) is 23.6. The Hall–Kier alpha value is -0.620. The van der Waals surface area contributed by atoms with Crippen molar-refractivity contribution in [2.75, 3.05) is 12.9 Å². The number of thioether (sulfide) groups is 1. The minimum atomic E-state index is -0.789. The van der Waals surface area contributed by atoms with Crippen LogP contribution < -0.4 is 0 Å². The predicted molar refractivity (Wildman–Crippen MR) is 85.9 cm³/mol. The highest BCUT2D eigenvalue weighted by atomic mass is 32.2. The Morgan fingerprint density at radius 2 is 1.75 bits per heavy atom. The van der Waals surface area contributed by atoms with E-state index in [9.17, 15) is 9.59 Å². The van der Waals surface area contributed by atoms with E-state index >= 15 is 0 Å². The van der Waals surface area contributed by atoms with Crippen LogP contribution in [0, 0.1) is 5.41 Å². The molecule has 0 aromatic heterocycles. The van der Waals surface area contributed by atoms with Crippen LogP contribution in [-0.4, -0.2) is 34.6 Å². The molecule has 0 aliphatic heterocycles. The van der Waals surface area contributed by atoms with E-state index in [-0.39, 0.29) is 25.0 Å². The average Bonchev–Trinajstić information content (AvgIpc) is 2.34. The van der Waals surface area contributed by atoms with Crippen molar-refractivity contribution in [2.24, 2.45) is 5.41 Å². The maximum Gasteiger partial charge on any atom is 0.317 e. The van der Waals surface area contributed by atoms with Crippen molar-refractivity contribution in [3.8, 4) is 0 Å². The normalized spacial score (nSPS) is 14.3. The lowest BCUT2D eigenvalue weighted by Crippen LogP contribution is -2.35. The molecule has 0 saturated heterocycles.